The lowest BCUT2D eigenvalue weighted by Crippen LogP contribution is -2.40. The molecule has 3 heterocycles. The van der Waals surface area contributed by atoms with Gasteiger partial charge in [0.25, 0.3) is 0 Å². The smallest absolute Gasteiger partial charge is 0.224 e. The maximum Gasteiger partial charge on any atom is 0.224 e. The molecular formula is C18H25N3OS. The van der Waals surface area contributed by atoms with Gasteiger partial charge in [0.1, 0.15) is 0 Å². The van der Waals surface area contributed by atoms with Crippen LogP contribution in [-0.4, -0.2) is 53.5 Å². The standard InChI is InChI=1S/C18H25N3OS/c1-19-9-5-7-15(19)14-20(2)18(22)13-16(17-8-6-12-23-17)21-10-3-4-11-21/h3-4,6,8,10-12,15-16H,5,7,9,13-14H2,1-2H3. The third kappa shape index (κ3) is 3.85. The normalized spacial score (nSPS) is 19.8. The van der Waals surface area contributed by atoms with Crippen molar-refractivity contribution in [3.05, 3.63) is 46.9 Å². The van der Waals surface area contributed by atoms with E-state index in [4.69, 9.17) is 0 Å². The van der Waals surface area contributed by atoms with Crippen LogP contribution >= 0.6 is 11.3 Å². The lowest BCUT2D eigenvalue weighted by atomic mass is 10.1. The molecule has 2 aromatic heterocycles. The first-order chi connectivity index (χ1) is 11.1. The molecule has 0 spiro atoms. The summed E-state index contributed by atoms with van der Waals surface area (Å²) in [5.41, 5.74) is 0. The monoisotopic (exact) mass is 331 g/mol. The van der Waals surface area contributed by atoms with Crippen molar-refractivity contribution < 1.29 is 4.79 Å². The number of rotatable bonds is 6. The number of hydrogen-bond acceptors (Lipinski definition) is 3. The van der Waals surface area contributed by atoms with Crippen molar-refractivity contribution in [2.75, 3.05) is 27.2 Å². The van der Waals surface area contributed by atoms with E-state index in [2.05, 4.69) is 34.0 Å². The largest absolute Gasteiger partial charge is 0.346 e. The number of carbonyl (C=O) groups is 1. The number of amides is 1. The summed E-state index contributed by atoms with van der Waals surface area (Å²) in [6.45, 7) is 1.98. The molecule has 0 N–H and O–H groups in total. The van der Waals surface area contributed by atoms with E-state index in [-0.39, 0.29) is 11.9 Å². The molecule has 23 heavy (non-hydrogen) atoms. The third-order valence-corrected chi connectivity index (χ3v) is 5.78. The number of carbonyl (C=O) groups excluding carboxylic acids is 1. The van der Waals surface area contributed by atoms with Gasteiger partial charge in [0.15, 0.2) is 0 Å². The summed E-state index contributed by atoms with van der Waals surface area (Å²) in [4.78, 5) is 18.3. The van der Waals surface area contributed by atoms with Crippen LogP contribution in [0, 0.1) is 0 Å². The molecule has 0 aromatic carbocycles. The molecule has 5 heteroatoms. The molecule has 1 aliphatic rings. The molecule has 0 saturated carbocycles. The van der Waals surface area contributed by atoms with Crippen LogP contribution in [0.15, 0.2) is 42.0 Å². The quantitative estimate of drug-likeness (QED) is 0.814. The van der Waals surface area contributed by atoms with E-state index in [1.54, 1.807) is 11.3 Å². The molecule has 0 radical (unpaired) electrons. The van der Waals surface area contributed by atoms with Gasteiger partial charge in [0.2, 0.25) is 5.91 Å². The Morgan fingerprint density at radius 2 is 2.17 bits per heavy atom. The van der Waals surface area contributed by atoms with Crippen molar-refractivity contribution in [1.29, 1.82) is 0 Å². The maximum atomic E-state index is 12.7. The van der Waals surface area contributed by atoms with Gasteiger partial charge in [-0.05, 0) is 50.0 Å². The second-order valence-electron chi connectivity index (χ2n) is 6.42. The molecule has 1 aliphatic heterocycles. The van der Waals surface area contributed by atoms with E-state index in [0.717, 1.165) is 13.1 Å². The number of aromatic nitrogens is 1. The summed E-state index contributed by atoms with van der Waals surface area (Å²) >= 11 is 1.72. The van der Waals surface area contributed by atoms with E-state index in [1.807, 2.05) is 36.5 Å². The topological polar surface area (TPSA) is 28.5 Å². The number of likely N-dealkylation sites (tertiary alicyclic amines) is 1. The summed E-state index contributed by atoms with van der Waals surface area (Å²) in [5, 5.41) is 2.08. The van der Waals surface area contributed by atoms with Gasteiger partial charge in [0, 0.05) is 36.9 Å². The second-order valence-corrected chi connectivity index (χ2v) is 7.40. The van der Waals surface area contributed by atoms with Crippen molar-refractivity contribution >= 4 is 17.2 Å². The third-order valence-electron chi connectivity index (χ3n) is 4.81. The Labute approximate surface area is 142 Å². The highest BCUT2D eigenvalue weighted by Gasteiger charge is 2.26. The van der Waals surface area contributed by atoms with Crippen LogP contribution in [-0.2, 0) is 4.79 Å². The van der Waals surface area contributed by atoms with E-state index in [1.165, 1.54) is 17.7 Å². The Morgan fingerprint density at radius 1 is 1.39 bits per heavy atom. The molecule has 0 bridgehead atoms. The van der Waals surface area contributed by atoms with Gasteiger partial charge in [-0.25, -0.2) is 0 Å². The zero-order valence-corrected chi connectivity index (χ0v) is 14.7. The molecule has 0 aliphatic carbocycles. The summed E-state index contributed by atoms with van der Waals surface area (Å²) in [6.07, 6.45) is 7.04. The van der Waals surface area contributed by atoms with Gasteiger partial charge in [-0.15, -0.1) is 11.3 Å². The lowest BCUT2D eigenvalue weighted by Gasteiger charge is -2.27. The number of thiophene rings is 1. The molecule has 2 unspecified atom stereocenters. The first kappa shape index (κ1) is 16.3. The number of hydrogen-bond donors (Lipinski definition) is 0. The fourth-order valence-corrected chi connectivity index (χ4v) is 4.17. The first-order valence-corrected chi connectivity index (χ1v) is 9.13. The van der Waals surface area contributed by atoms with Crippen molar-refractivity contribution in [2.24, 2.45) is 0 Å². The van der Waals surface area contributed by atoms with Crippen LogP contribution in [0.1, 0.15) is 30.2 Å². The predicted octanol–water partition coefficient (Wildman–Crippen LogP) is 3.08. The highest BCUT2D eigenvalue weighted by Crippen LogP contribution is 2.27. The molecular weight excluding hydrogens is 306 g/mol. The Hall–Kier alpha value is -1.59. The van der Waals surface area contributed by atoms with Gasteiger partial charge in [-0.1, -0.05) is 6.07 Å². The maximum absolute atomic E-state index is 12.7. The number of nitrogens with zero attached hydrogens (tertiary/aromatic N) is 3. The Bertz CT molecular complexity index is 574. The number of likely N-dealkylation sites (N-methyl/N-ethyl adjacent to an activating group) is 2. The lowest BCUT2D eigenvalue weighted by molar-refractivity contribution is -0.131. The second kappa shape index (κ2) is 7.32. The molecule has 1 amide bonds. The SMILES string of the molecule is CN(CC1CCCN1C)C(=O)CC(c1cccs1)n1cccc1. The molecule has 2 aromatic rings. The van der Waals surface area contributed by atoms with Gasteiger partial charge >= 0.3 is 0 Å². The highest BCUT2D eigenvalue weighted by molar-refractivity contribution is 7.10. The van der Waals surface area contributed by atoms with Gasteiger partial charge in [0.05, 0.1) is 12.5 Å². The van der Waals surface area contributed by atoms with Crippen molar-refractivity contribution in [3.63, 3.8) is 0 Å². The molecule has 2 atom stereocenters. The van der Waals surface area contributed by atoms with Crippen LogP contribution in [0.2, 0.25) is 0 Å². The Kier molecular flexibility index (Phi) is 5.18. The molecule has 124 valence electrons. The Balaban J connectivity index is 1.66. The van der Waals surface area contributed by atoms with Gasteiger partial charge in [-0.3, -0.25) is 4.79 Å². The zero-order valence-electron chi connectivity index (χ0n) is 13.9. The fraction of sp³-hybridized carbons (Fsp3) is 0.500. The molecule has 1 saturated heterocycles. The average molecular weight is 331 g/mol. The van der Waals surface area contributed by atoms with E-state index in [0.29, 0.717) is 12.5 Å². The molecule has 3 rings (SSSR count). The minimum Gasteiger partial charge on any atom is -0.346 e. The van der Waals surface area contributed by atoms with Crippen molar-refractivity contribution in [2.45, 2.75) is 31.3 Å². The average Bonchev–Trinajstić information content (AvgIpc) is 3.28. The van der Waals surface area contributed by atoms with Gasteiger partial charge < -0.3 is 14.4 Å². The van der Waals surface area contributed by atoms with Gasteiger partial charge in [-0.2, -0.15) is 0 Å². The molecule has 1 fully saturated rings. The summed E-state index contributed by atoms with van der Waals surface area (Å²) in [5.74, 6) is 0.220. The van der Waals surface area contributed by atoms with Crippen LogP contribution in [0.4, 0.5) is 0 Å². The van der Waals surface area contributed by atoms with Crippen LogP contribution in [0.25, 0.3) is 0 Å². The van der Waals surface area contributed by atoms with E-state index in [9.17, 15) is 4.79 Å². The van der Waals surface area contributed by atoms with Crippen LogP contribution < -0.4 is 0 Å². The van der Waals surface area contributed by atoms with Crippen LogP contribution in [0.3, 0.4) is 0 Å². The first-order valence-electron chi connectivity index (χ1n) is 8.25. The Morgan fingerprint density at radius 3 is 2.78 bits per heavy atom. The van der Waals surface area contributed by atoms with Crippen molar-refractivity contribution in [3.8, 4) is 0 Å². The summed E-state index contributed by atoms with van der Waals surface area (Å²) in [7, 11) is 4.10. The van der Waals surface area contributed by atoms with E-state index < -0.39 is 0 Å². The highest BCUT2D eigenvalue weighted by atomic mass is 32.1. The summed E-state index contributed by atoms with van der Waals surface area (Å²) in [6, 6.07) is 8.81. The fourth-order valence-electron chi connectivity index (χ4n) is 3.34. The van der Waals surface area contributed by atoms with Crippen molar-refractivity contribution in [1.82, 2.24) is 14.4 Å². The minimum absolute atomic E-state index is 0.0984. The minimum atomic E-state index is 0.0984. The predicted molar refractivity (Wildman–Crippen MR) is 94.8 cm³/mol. The summed E-state index contributed by atoms with van der Waals surface area (Å²) < 4.78 is 2.14. The van der Waals surface area contributed by atoms with Crippen LogP contribution in [0.5, 0.6) is 0 Å². The van der Waals surface area contributed by atoms with E-state index >= 15 is 0 Å². The zero-order chi connectivity index (χ0) is 16.2. The molecule has 4 nitrogen and oxygen atoms in total.